The lowest BCUT2D eigenvalue weighted by Crippen LogP contribution is -2.11. The second-order valence-corrected chi connectivity index (χ2v) is 6.47. The van der Waals surface area contributed by atoms with E-state index < -0.39 is 0 Å². The quantitative estimate of drug-likeness (QED) is 0.897. The molecule has 1 N–H and O–H groups in total. The van der Waals surface area contributed by atoms with Gasteiger partial charge in [0.05, 0.1) is 5.56 Å². The molecule has 0 fully saturated rings. The van der Waals surface area contributed by atoms with Crippen molar-refractivity contribution in [1.82, 2.24) is 0 Å². The number of hydrogen-bond donors (Lipinski definition) is 1. The molecule has 1 aromatic carbocycles. The van der Waals surface area contributed by atoms with E-state index in [9.17, 15) is 10.1 Å². The van der Waals surface area contributed by atoms with E-state index in [2.05, 4.69) is 18.3 Å². The summed E-state index contributed by atoms with van der Waals surface area (Å²) >= 11 is 1.56. The summed E-state index contributed by atoms with van der Waals surface area (Å²) in [6.45, 7) is 2.16. The maximum Gasteiger partial charge on any atom is 0.256 e. The van der Waals surface area contributed by atoms with E-state index in [1.54, 1.807) is 23.5 Å². The molecule has 0 aliphatic heterocycles. The summed E-state index contributed by atoms with van der Waals surface area (Å²) in [5, 5.41) is 13.1. The number of carbonyl (C=O) groups is 1. The highest BCUT2D eigenvalue weighted by Crippen LogP contribution is 2.43. The molecule has 3 nitrogen and oxygen atoms in total. The standard InChI is InChI=1S/C17H16N2OS/c1-11-6-5-9-14-15(11)13(10-18)17(21-14)19-16(20)12-7-3-2-4-8-12/h2-4,7-8,11H,5-6,9H2,1H3,(H,19,20)/t11-/m0/s1. The Balaban J connectivity index is 1.93. The van der Waals surface area contributed by atoms with Crippen molar-refractivity contribution >= 4 is 22.2 Å². The number of amides is 1. The third-order valence-corrected chi connectivity index (χ3v) is 5.11. The van der Waals surface area contributed by atoms with Gasteiger partial charge in [0.1, 0.15) is 11.1 Å². The highest BCUT2D eigenvalue weighted by Gasteiger charge is 2.26. The fourth-order valence-corrected chi connectivity index (χ4v) is 4.18. The van der Waals surface area contributed by atoms with E-state index in [-0.39, 0.29) is 5.91 Å². The first-order valence-electron chi connectivity index (χ1n) is 7.12. The number of nitrogens with one attached hydrogen (secondary N) is 1. The van der Waals surface area contributed by atoms with Gasteiger partial charge in [0.25, 0.3) is 5.91 Å². The van der Waals surface area contributed by atoms with Gasteiger partial charge in [-0.2, -0.15) is 5.26 Å². The maximum atomic E-state index is 12.3. The first kappa shape index (κ1) is 13.8. The zero-order valence-electron chi connectivity index (χ0n) is 11.8. The van der Waals surface area contributed by atoms with Gasteiger partial charge in [-0.3, -0.25) is 4.79 Å². The largest absolute Gasteiger partial charge is 0.312 e. The minimum Gasteiger partial charge on any atom is -0.312 e. The first-order chi connectivity index (χ1) is 10.2. The number of nitriles is 1. The zero-order chi connectivity index (χ0) is 14.8. The summed E-state index contributed by atoms with van der Waals surface area (Å²) in [5.74, 6) is 0.250. The Labute approximate surface area is 128 Å². The molecule has 106 valence electrons. The highest BCUT2D eigenvalue weighted by molar-refractivity contribution is 7.16. The number of hydrogen-bond acceptors (Lipinski definition) is 3. The van der Waals surface area contributed by atoms with Crippen LogP contribution in [0.4, 0.5) is 5.00 Å². The summed E-state index contributed by atoms with van der Waals surface area (Å²) in [6, 6.07) is 11.4. The van der Waals surface area contributed by atoms with Crippen molar-refractivity contribution in [3.8, 4) is 6.07 Å². The van der Waals surface area contributed by atoms with Crippen molar-refractivity contribution < 1.29 is 4.79 Å². The number of anilines is 1. The third kappa shape index (κ3) is 2.57. The van der Waals surface area contributed by atoms with Gasteiger partial charge >= 0.3 is 0 Å². The molecule has 0 radical (unpaired) electrons. The smallest absolute Gasteiger partial charge is 0.256 e. The van der Waals surface area contributed by atoms with Crippen LogP contribution in [0.25, 0.3) is 0 Å². The Hall–Kier alpha value is -2.12. The Morgan fingerprint density at radius 3 is 2.86 bits per heavy atom. The molecule has 1 aliphatic carbocycles. The summed E-state index contributed by atoms with van der Waals surface area (Å²) in [4.78, 5) is 13.5. The van der Waals surface area contributed by atoms with Crippen molar-refractivity contribution in [2.75, 3.05) is 5.32 Å². The summed E-state index contributed by atoms with van der Waals surface area (Å²) in [5.41, 5.74) is 2.42. The van der Waals surface area contributed by atoms with E-state index in [4.69, 9.17) is 0 Å². The summed E-state index contributed by atoms with van der Waals surface area (Å²) in [7, 11) is 0. The minimum atomic E-state index is -0.154. The van der Waals surface area contributed by atoms with Gasteiger partial charge in [-0.05, 0) is 42.9 Å². The lowest BCUT2D eigenvalue weighted by molar-refractivity contribution is 0.102. The lowest BCUT2D eigenvalue weighted by atomic mass is 9.87. The van der Waals surface area contributed by atoms with E-state index in [0.717, 1.165) is 24.8 Å². The normalized spacial score (nSPS) is 16.9. The number of carbonyl (C=O) groups excluding carboxylic acids is 1. The van der Waals surface area contributed by atoms with Gasteiger partial charge in [-0.15, -0.1) is 11.3 Å². The molecular formula is C17H16N2OS. The van der Waals surface area contributed by atoms with Gasteiger partial charge in [-0.25, -0.2) is 0 Å². The molecule has 0 unspecified atom stereocenters. The van der Waals surface area contributed by atoms with Gasteiger partial charge < -0.3 is 5.32 Å². The first-order valence-corrected chi connectivity index (χ1v) is 7.94. The van der Waals surface area contributed by atoms with Crippen LogP contribution in [0.2, 0.25) is 0 Å². The SMILES string of the molecule is C[C@H]1CCCc2sc(NC(=O)c3ccccc3)c(C#N)c21. The average Bonchev–Trinajstić information content (AvgIpc) is 2.86. The molecule has 4 heteroatoms. The topological polar surface area (TPSA) is 52.9 Å². The van der Waals surface area contributed by atoms with Crippen LogP contribution in [0.5, 0.6) is 0 Å². The molecule has 1 heterocycles. The van der Waals surface area contributed by atoms with Crippen LogP contribution in [0.3, 0.4) is 0 Å². The lowest BCUT2D eigenvalue weighted by Gasteiger charge is -2.18. The second-order valence-electron chi connectivity index (χ2n) is 5.37. The predicted octanol–water partition coefficient (Wildman–Crippen LogP) is 4.31. The van der Waals surface area contributed by atoms with Gasteiger partial charge in [-0.1, -0.05) is 25.1 Å². The van der Waals surface area contributed by atoms with E-state index in [1.165, 1.54) is 4.88 Å². The maximum absolute atomic E-state index is 12.3. The number of rotatable bonds is 2. The van der Waals surface area contributed by atoms with Crippen LogP contribution in [-0.2, 0) is 6.42 Å². The third-order valence-electron chi connectivity index (χ3n) is 3.93. The zero-order valence-corrected chi connectivity index (χ0v) is 12.7. The van der Waals surface area contributed by atoms with Crippen molar-refractivity contribution in [2.24, 2.45) is 0 Å². The van der Waals surface area contributed by atoms with E-state index in [0.29, 0.717) is 22.0 Å². The van der Waals surface area contributed by atoms with Crippen molar-refractivity contribution in [3.63, 3.8) is 0 Å². The highest BCUT2D eigenvalue weighted by atomic mass is 32.1. The fourth-order valence-electron chi connectivity index (χ4n) is 2.87. The van der Waals surface area contributed by atoms with Crippen LogP contribution >= 0.6 is 11.3 Å². The van der Waals surface area contributed by atoms with Crippen molar-refractivity contribution in [2.45, 2.75) is 32.1 Å². The predicted molar refractivity (Wildman–Crippen MR) is 84.8 cm³/mol. The average molecular weight is 296 g/mol. The molecule has 1 aromatic heterocycles. The molecule has 2 aromatic rings. The van der Waals surface area contributed by atoms with E-state index >= 15 is 0 Å². The number of nitrogens with zero attached hydrogens (tertiary/aromatic N) is 1. The Morgan fingerprint density at radius 2 is 2.14 bits per heavy atom. The molecule has 21 heavy (non-hydrogen) atoms. The second kappa shape index (κ2) is 5.71. The Morgan fingerprint density at radius 1 is 1.38 bits per heavy atom. The van der Waals surface area contributed by atoms with Crippen LogP contribution in [0, 0.1) is 11.3 Å². The van der Waals surface area contributed by atoms with E-state index in [1.807, 2.05) is 18.2 Å². The molecule has 1 aliphatic rings. The minimum absolute atomic E-state index is 0.154. The number of thiophene rings is 1. The molecule has 1 atom stereocenters. The van der Waals surface area contributed by atoms with Crippen molar-refractivity contribution in [3.05, 3.63) is 51.9 Å². The van der Waals surface area contributed by atoms with Crippen molar-refractivity contribution in [1.29, 1.82) is 5.26 Å². The molecule has 0 saturated carbocycles. The number of aryl methyl sites for hydroxylation is 1. The van der Waals surface area contributed by atoms with Gasteiger partial charge in [0.15, 0.2) is 0 Å². The van der Waals surface area contributed by atoms with Crippen LogP contribution in [0.15, 0.2) is 30.3 Å². The molecule has 3 rings (SSSR count). The van der Waals surface area contributed by atoms with Crippen LogP contribution < -0.4 is 5.32 Å². The fraction of sp³-hybridized carbons (Fsp3) is 0.294. The molecular weight excluding hydrogens is 280 g/mol. The summed E-state index contributed by atoms with van der Waals surface area (Å²) in [6.07, 6.45) is 3.29. The van der Waals surface area contributed by atoms with Crippen LogP contribution in [-0.4, -0.2) is 5.91 Å². The van der Waals surface area contributed by atoms with Gasteiger partial charge in [0, 0.05) is 10.4 Å². The monoisotopic (exact) mass is 296 g/mol. The molecule has 0 spiro atoms. The van der Waals surface area contributed by atoms with Gasteiger partial charge in [0.2, 0.25) is 0 Å². The molecule has 0 bridgehead atoms. The summed E-state index contributed by atoms with van der Waals surface area (Å²) < 4.78 is 0. The number of fused-ring (bicyclic) bond motifs is 1. The van der Waals surface area contributed by atoms with Crippen LogP contribution in [0.1, 0.15) is 52.0 Å². The molecule has 1 amide bonds. The Kier molecular flexibility index (Phi) is 3.76. The Bertz CT molecular complexity index is 712. The number of benzene rings is 1. The molecule has 0 saturated heterocycles.